The number of aliphatic hydroxyl groups excluding tert-OH is 3. The van der Waals surface area contributed by atoms with Crippen LogP contribution in [0.25, 0.3) is 0 Å². The number of esters is 2. The average Bonchev–Trinajstić information content (AvgIpc) is 3.14. The van der Waals surface area contributed by atoms with E-state index < -0.39 is 71.2 Å². The molecule has 13 heteroatoms. The summed E-state index contributed by atoms with van der Waals surface area (Å²) in [6.45, 7) is 3.70. The van der Waals surface area contributed by atoms with E-state index in [1.165, 1.54) is 77.0 Å². The molecule has 1 aliphatic heterocycles. The minimum atomic E-state index is -4.60. The third-order valence-electron chi connectivity index (χ3n) is 9.78. The maximum absolute atomic E-state index is 12.8. The van der Waals surface area contributed by atoms with Gasteiger partial charge in [-0.3, -0.25) is 14.1 Å². The summed E-state index contributed by atoms with van der Waals surface area (Å²) in [5.74, 6) is -1.99. The van der Waals surface area contributed by atoms with Gasteiger partial charge in [0.25, 0.3) is 10.1 Å². The lowest BCUT2D eigenvalue weighted by Crippen LogP contribution is -2.60. The molecule has 0 amide bonds. The van der Waals surface area contributed by atoms with Gasteiger partial charge in [0.2, 0.25) is 0 Å². The van der Waals surface area contributed by atoms with Crippen molar-refractivity contribution in [1.29, 1.82) is 0 Å². The quantitative estimate of drug-likeness (QED) is 0.0209. The number of unbranched alkanes of at least 4 members (excludes halogenated alkanes) is 19. The number of allylic oxidation sites excluding steroid dienone is 4. The Hall–Kier alpha value is -1.87. The van der Waals surface area contributed by atoms with Crippen LogP contribution in [0.2, 0.25) is 0 Å². The highest BCUT2D eigenvalue weighted by Crippen LogP contribution is 2.24. The zero-order valence-corrected chi connectivity index (χ0v) is 34.9. The number of aliphatic hydroxyl groups is 3. The summed E-state index contributed by atoms with van der Waals surface area (Å²) in [7, 11) is -4.60. The van der Waals surface area contributed by atoms with Crippen LogP contribution >= 0.6 is 0 Å². The van der Waals surface area contributed by atoms with Gasteiger partial charge in [0, 0.05) is 12.8 Å². The maximum Gasteiger partial charge on any atom is 0.306 e. The first kappa shape index (κ1) is 51.1. The minimum absolute atomic E-state index is 0.158. The molecule has 1 heterocycles. The van der Waals surface area contributed by atoms with Crippen LogP contribution in [-0.2, 0) is 38.7 Å². The first-order chi connectivity index (χ1) is 26.5. The van der Waals surface area contributed by atoms with Crippen molar-refractivity contribution in [3.63, 3.8) is 0 Å². The molecule has 0 spiro atoms. The second kappa shape index (κ2) is 33.1. The molecule has 4 N–H and O–H groups in total. The normalized spacial score (nSPS) is 21.0. The highest BCUT2D eigenvalue weighted by Gasteiger charge is 2.46. The van der Waals surface area contributed by atoms with Crippen LogP contribution in [0.1, 0.15) is 174 Å². The van der Waals surface area contributed by atoms with Crippen LogP contribution in [0.5, 0.6) is 0 Å². The molecule has 0 bridgehead atoms. The van der Waals surface area contributed by atoms with Gasteiger partial charge >= 0.3 is 11.9 Å². The van der Waals surface area contributed by atoms with Crippen LogP contribution in [0.3, 0.4) is 0 Å². The summed E-state index contributed by atoms with van der Waals surface area (Å²) in [6, 6.07) is 0. The van der Waals surface area contributed by atoms with Crippen LogP contribution < -0.4 is 0 Å². The van der Waals surface area contributed by atoms with E-state index >= 15 is 0 Å². The third kappa shape index (κ3) is 28.2. The zero-order chi connectivity index (χ0) is 40.6. The molecule has 0 aliphatic carbocycles. The predicted octanol–water partition coefficient (Wildman–Crippen LogP) is 8.06. The minimum Gasteiger partial charge on any atom is -0.462 e. The van der Waals surface area contributed by atoms with Gasteiger partial charge in [0.1, 0.15) is 36.8 Å². The van der Waals surface area contributed by atoms with Gasteiger partial charge < -0.3 is 34.3 Å². The van der Waals surface area contributed by atoms with Gasteiger partial charge in [0.15, 0.2) is 12.4 Å². The van der Waals surface area contributed by atoms with E-state index in [1.54, 1.807) is 0 Å². The van der Waals surface area contributed by atoms with Crippen molar-refractivity contribution in [3.05, 3.63) is 24.3 Å². The Balaban J connectivity index is 2.45. The largest absolute Gasteiger partial charge is 0.462 e. The number of carbonyl (C=O) groups is 2. The maximum atomic E-state index is 12.8. The lowest BCUT2D eigenvalue weighted by molar-refractivity contribution is -0.297. The van der Waals surface area contributed by atoms with Crippen molar-refractivity contribution in [3.8, 4) is 0 Å². The predicted molar refractivity (Wildman–Crippen MR) is 215 cm³/mol. The summed E-state index contributed by atoms with van der Waals surface area (Å²) in [6.07, 6.45) is 25.2. The average molecular weight is 805 g/mol. The highest BCUT2D eigenvalue weighted by atomic mass is 32.2. The molecule has 0 saturated carbocycles. The van der Waals surface area contributed by atoms with Crippen molar-refractivity contribution < 1.29 is 56.8 Å². The molecule has 0 aromatic heterocycles. The molecule has 0 radical (unpaired) electrons. The van der Waals surface area contributed by atoms with Gasteiger partial charge in [-0.15, -0.1) is 0 Å². The number of hydrogen-bond donors (Lipinski definition) is 4. The van der Waals surface area contributed by atoms with E-state index in [4.69, 9.17) is 18.9 Å². The molecule has 55 heavy (non-hydrogen) atoms. The van der Waals surface area contributed by atoms with Gasteiger partial charge in [0.05, 0.1) is 6.61 Å². The molecule has 1 fully saturated rings. The van der Waals surface area contributed by atoms with Crippen molar-refractivity contribution in [2.75, 3.05) is 19.0 Å². The molecular formula is C42H76O12S. The van der Waals surface area contributed by atoms with Crippen molar-refractivity contribution in [2.24, 2.45) is 0 Å². The molecule has 1 saturated heterocycles. The fourth-order valence-electron chi connectivity index (χ4n) is 6.41. The van der Waals surface area contributed by atoms with E-state index in [0.717, 1.165) is 57.8 Å². The Morgan fingerprint density at radius 2 is 1.09 bits per heavy atom. The standard InChI is InChI=1S/C42H76O12S/c1-3-5-7-9-11-13-14-15-16-17-18-19-20-21-23-25-27-29-31-38(44)53-35(32-51-37(43)30-28-26-24-22-12-10-8-6-4-2)33-52-42-41(47)40(46)39(45)36(54-42)34-55(48,49)50/h13-14,16-17,35-36,39-42,45-47H,3-12,15,18-34H2,1-2H3,(H,48,49,50)/b14-13-,17-16-. The summed E-state index contributed by atoms with van der Waals surface area (Å²) < 4.78 is 53.9. The van der Waals surface area contributed by atoms with Crippen LogP contribution in [0, 0.1) is 0 Å². The first-order valence-electron chi connectivity index (χ1n) is 21.4. The Kier molecular flexibility index (Phi) is 30.8. The Morgan fingerprint density at radius 3 is 1.62 bits per heavy atom. The van der Waals surface area contributed by atoms with Crippen LogP contribution in [0.15, 0.2) is 24.3 Å². The van der Waals surface area contributed by atoms with Gasteiger partial charge in [-0.05, 0) is 44.9 Å². The molecular weight excluding hydrogens is 729 g/mol. The second-order valence-corrected chi connectivity index (χ2v) is 16.5. The molecule has 6 atom stereocenters. The highest BCUT2D eigenvalue weighted by molar-refractivity contribution is 7.85. The van der Waals surface area contributed by atoms with Gasteiger partial charge in [-0.2, -0.15) is 8.42 Å². The Bertz CT molecular complexity index is 1130. The van der Waals surface area contributed by atoms with Crippen molar-refractivity contribution >= 4 is 22.1 Å². The summed E-state index contributed by atoms with van der Waals surface area (Å²) in [5, 5.41) is 30.8. The molecule has 12 nitrogen and oxygen atoms in total. The summed E-state index contributed by atoms with van der Waals surface area (Å²) >= 11 is 0. The topological polar surface area (TPSA) is 186 Å². The number of carbonyl (C=O) groups excluding carboxylic acids is 2. The number of ether oxygens (including phenoxy) is 4. The van der Waals surface area contributed by atoms with Crippen molar-refractivity contribution in [1.82, 2.24) is 0 Å². The molecule has 6 unspecified atom stereocenters. The van der Waals surface area contributed by atoms with E-state index in [1.807, 2.05) is 0 Å². The van der Waals surface area contributed by atoms with Gasteiger partial charge in [-0.25, -0.2) is 0 Å². The second-order valence-electron chi connectivity index (χ2n) is 15.0. The fourth-order valence-corrected chi connectivity index (χ4v) is 7.10. The Morgan fingerprint density at radius 1 is 0.618 bits per heavy atom. The molecule has 322 valence electrons. The Labute approximate surface area is 332 Å². The van der Waals surface area contributed by atoms with Crippen LogP contribution in [0.4, 0.5) is 0 Å². The van der Waals surface area contributed by atoms with Crippen LogP contribution in [-0.4, -0.2) is 96.0 Å². The fraction of sp³-hybridized carbons (Fsp3) is 0.857. The smallest absolute Gasteiger partial charge is 0.306 e. The number of hydrogen-bond acceptors (Lipinski definition) is 11. The lowest BCUT2D eigenvalue weighted by Gasteiger charge is -2.40. The molecule has 0 aromatic rings. The summed E-state index contributed by atoms with van der Waals surface area (Å²) in [5.41, 5.74) is 0. The van der Waals surface area contributed by atoms with Gasteiger partial charge in [-0.1, -0.05) is 141 Å². The zero-order valence-electron chi connectivity index (χ0n) is 34.0. The van der Waals surface area contributed by atoms with E-state index in [-0.39, 0.29) is 19.4 Å². The van der Waals surface area contributed by atoms with E-state index in [0.29, 0.717) is 12.8 Å². The molecule has 0 aromatic carbocycles. The first-order valence-corrected chi connectivity index (χ1v) is 23.0. The van der Waals surface area contributed by atoms with E-state index in [9.17, 15) is 37.9 Å². The van der Waals surface area contributed by atoms with E-state index in [2.05, 4.69) is 38.2 Å². The summed E-state index contributed by atoms with van der Waals surface area (Å²) in [4.78, 5) is 25.3. The molecule has 1 aliphatic rings. The number of rotatable bonds is 35. The SMILES string of the molecule is CCCCCC/C=C\C/C=C\CCCCCCCCCC(=O)OC(COC(=O)CCCCCCCCCCC)COC1OC(CS(=O)(=O)O)C(O)C(O)C1O. The molecule has 1 rings (SSSR count). The van der Waals surface area contributed by atoms with Crippen molar-refractivity contribution in [2.45, 2.75) is 211 Å². The monoisotopic (exact) mass is 805 g/mol. The lowest BCUT2D eigenvalue weighted by atomic mass is 10.00. The third-order valence-corrected chi connectivity index (χ3v) is 10.5.